The summed E-state index contributed by atoms with van der Waals surface area (Å²) in [7, 11) is 1.33. The second-order valence-electron chi connectivity index (χ2n) is 8.71. The highest BCUT2D eigenvalue weighted by molar-refractivity contribution is 5.24. The van der Waals surface area contributed by atoms with Crippen LogP contribution in [-0.2, 0) is 14.2 Å². The Morgan fingerprint density at radius 2 is 1.66 bits per heavy atom. The number of ether oxygens (including phenoxy) is 3. The SMILES string of the molecule is CCCCC1CCC(C2CCC(CO/C(CC)=C(F)/C(F)=C(\C)OC)CC2)OC1. The lowest BCUT2D eigenvalue weighted by Crippen LogP contribution is -2.34. The van der Waals surface area contributed by atoms with Gasteiger partial charge >= 0.3 is 0 Å². The third-order valence-corrected chi connectivity index (χ3v) is 6.66. The van der Waals surface area contributed by atoms with E-state index >= 15 is 0 Å². The van der Waals surface area contributed by atoms with Gasteiger partial charge in [0.15, 0.2) is 11.7 Å². The molecule has 2 atom stereocenters. The van der Waals surface area contributed by atoms with Crippen LogP contribution in [0.1, 0.15) is 85.0 Å². The van der Waals surface area contributed by atoms with Gasteiger partial charge in [-0.15, -0.1) is 0 Å². The molecule has 3 nitrogen and oxygen atoms in total. The Morgan fingerprint density at radius 3 is 2.21 bits per heavy atom. The van der Waals surface area contributed by atoms with E-state index in [1.807, 2.05) is 0 Å². The quantitative estimate of drug-likeness (QED) is 0.279. The molecule has 29 heavy (non-hydrogen) atoms. The second kappa shape index (κ2) is 12.6. The highest BCUT2D eigenvalue weighted by Crippen LogP contribution is 2.37. The Morgan fingerprint density at radius 1 is 0.966 bits per heavy atom. The Balaban J connectivity index is 1.76. The van der Waals surface area contributed by atoms with Crippen molar-refractivity contribution in [2.24, 2.45) is 17.8 Å². The number of halogens is 2. The van der Waals surface area contributed by atoms with Crippen molar-refractivity contribution < 1.29 is 23.0 Å². The van der Waals surface area contributed by atoms with Crippen molar-refractivity contribution in [3.05, 3.63) is 23.2 Å². The van der Waals surface area contributed by atoms with Gasteiger partial charge in [0.2, 0.25) is 0 Å². The molecule has 1 heterocycles. The molecule has 1 saturated heterocycles. The van der Waals surface area contributed by atoms with Crippen LogP contribution in [0.5, 0.6) is 0 Å². The van der Waals surface area contributed by atoms with E-state index < -0.39 is 11.7 Å². The monoisotopic (exact) mass is 414 g/mol. The van der Waals surface area contributed by atoms with Crippen molar-refractivity contribution >= 4 is 0 Å². The van der Waals surface area contributed by atoms with Crippen LogP contribution in [0.25, 0.3) is 0 Å². The first kappa shape index (κ1) is 24.2. The smallest absolute Gasteiger partial charge is 0.199 e. The zero-order valence-corrected chi connectivity index (χ0v) is 18.8. The zero-order chi connectivity index (χ0) is 21.2. The number of allylic oxidation sites excluding steroid dienone is 4. The lowest BCUT2D eigenvalue weighted by molar-refractivity contribution is -0.0615. The fourth-order valence-electron chi connectivity index (χ4n) is 4.55. The summed E-state index contributed by atoms with van der Waals surface area (Å²) >= 11 is 0. The Kier molecular flexibility index (Phi) is 10.5. The topological polar surface area (TPSA) is 27.7 Å². The molecule has 0 aromatic carbocycles. The summed E-state index contributed by atoms with van der Waals surface area (Å²) < 4.78 is 45.0. The van der Waals surface area contributed by atoms with Crippen LogP contribution in [0, 0.1) is 17.8 Å². The van der Waals surface area contributed by atoms with Gasteiger partial charge in [0, 0.05) is 13.0 Å². The van der Waals surface area contributed by atoms with Crippen LogP contribution in [-0.4, -0.2) is 26.4 Å². The summed E-state index contributed by atoms with van der Waals surface area (Å²) in [5.74, 6) is -0.107. The molecule has 0 aromatic heterocycles. The van der Waals surface area contributed by atoms with Gasteiger partial charge < -0.3 is 14.2 Å². The first-order valence-corrected chi connectivity index (χ1v) is 11.5. The molecular weight excluding hydrogens is 374 g/mol. The fraction of sp³-hybridized carbons (Fsp3) is 0.833. The van der Waals surface area contributed by atoms with E-state index in [-0.39, 0.29) is 11.5 Å². The van der Waals surface area contributed by atoms with Gasteiger partial charge in [-0.3, -0.25) is 0 Å². The molecule has 1 saturated carbocycles. The number of unbranched alkanes of at least 4 members (excludes halogenated alkanes) is 1. The second-order valence-corrected chi connectivity index (χ2v) is 8.71. The van der Waals surface area contributed by atoms with E-state index in [2.05, 4.69) is 6.92 Å². The minimum absolute atomic E-state index is 0.0676. The van der Waals surface area contributed by atoms with Gasteiger partial charge in [-0.1, -0.05) is 26.7 Å². The third kappa shape index (κ3) is 7.27. The van der Waals surface area contributed by atoms with E-state index in [1.165, 1.54) is 46.1 Å². The molecule has 0 amide bonds. The summed E-state index contributed by atoms with van der Waals surface area (Å²) in [5.41, 5.74) is 0. The van der Waals surface area contributed by atoms with Gasteiger partial charge in [-0.2, -0.15) is 8.78 Å². The molecule has 0 spiro atoms. The molecular formula is C24H40F2O3. The first-order valence-electron chi connectivity index (χ1n) is 11.5. The van der Waals surface area contributed by atoms with Crippen molar-refractivity contribution in [3.8, 4) is 0 Å². The average Bonchev–Trinajstić information content (AvgIpc) is 2.77. The van der Waals surface area contributed by atoms with Crippen molar-refractivity contribution in [3.63, 3.8) is 0 Å². The van der Waals surface area contributed by atoms with Crippen LogP contribution in [0.15, 0.2) is 23.2 Å². The maximum atomic E-state index is 14.3. The van der Waals surface area contributed by atoms with Gasteiger partial charge in [-0.25, -0.2) is 0 Å². The molecule has 2 rings (SSSR count). The van der Waals surface area contributed by atoms with Crippen molar-refractivity contribution in [1.82, 2.24) is 0 Å². The van der Waals surface area contributed by atoms with E-state index in [4.69, 9.17) is 14.2 Å². The molecule has 2 aliphatic rings. The summed E-state index contributed by atoms with van der Waals surface area (Å²) in [6, 6.07) is 0. The third-order valence-electron chi connectivity index (χ3n) is 6.66. The van der Waals surface area contributed by atoms with Crippen LogP contribution in [0.4, 0.5) is 8.78 Å². The Labute approximate surface area is 175 Å². The van der Waals surface area contributed by atoms with Gasteiger partial charge in [-0.05, 0) is 69.6 Å². The molecule has 2 fully saturated rings. The van der Waals surface area contributed by atoms with Crippen LogP contribution >= 0.6 is 0 Å². The number of rotatable bonds is 10. The molecule has 0 bridgehead atoms. The van der Waals surface area contributed by atoms with E-state index in [1.54, 1.807) is 6.92 Å². The molecule has 5 heteroatoms. The molecule has 2 unspecified atom stereocenters. The van der Waals surface area contributed by atoms with Gasteiger partial charge in [0.1, 0.15) is 11.5 Å². The summed E-state index contributed by atoms with van der Waals surface area (Å²) in [4.78, 5) is 0. The Hall–Kier alpha value is -1.10. The number of hydrogen-bond acceptors (Lipinski definition) is 3. The average molecular weight is 415 g/mol. The van der Waals surface area contributed by atoms with E-state index in [9.17, 15) is 8.78 Å². The van der Waals surface area contributed by atoms with Crippen LogP contribution in [0.3, 0.4) is 0 Å². The van der Waals surface area contributed by atoms with Crippen LogP contribution < -0.4 is 0 Å². The normalized spacial score (nSPS) is 29.7. The van der Waals surface area contributed by atoms with Gasteiger partial charge in [0.05, 0.1) is 19.8 Å². The molecule has 0 N–H and O–H groups in total. The minimum Gasteiger partial charge on any atom is -0.498 e. The Bertz CT molecular complexity index is 542. The lowest BCUT2D eigenvalue weighted by Gasteiger charge is -2.37. The summed E-state index contributed by atoms with van der Waals surface area (Å²) in [6.45, 7) is 6.80. The fourth-order valence-corrected chi connectivity index (χ4v) is 4.55. The summed E-state index contributed by atoms with van der Waals surface area (Å²) in [6.07, 6.45) is 11.5. The molecule has 168 valence electrons. The maximum absolute atomic E-state index is 14.3. The predicted octanol–water partition coefficient (Wildman–Crippen LogP) is 7.23. The standard InChI is InChI=1S/C24H40F2O3/c1-5-7-8-18-11-14-22(29-15-18)20-12-9-19(10-13-20)16-28-21(6-2)24(26)23(25)17(3)27-4/h18-20,22H,5-16H2,1-4H3/b23-17-,24-21-. The molecule has 0 radical (unpaired) electrons. The predicted molar refractivity (Wildman–Crippen MR) is 113 cm³/mol. The molecule has 1 aliphatic carbocycles. The first-order chi connectivity index (χ1) is 14.0. The molecule has 1 aliphatic heterocycles. The lowest BCUT2D eigenvalue weighted by atomic mass is 9.77. The van der Waals surface area contributed by atoms with Crippen molar-refractivity contribution in [1.29, 1.82) is 0 Å². The highest BCUT2D eigenvalue weighted by Gasteiger charge is 2.32. The number of methoxy groups -OCH3 is 1. The zero-order valence-electron chi connectivity index (χ0n) is 18.8. The molecule has 0 aromatic rings. The van der Waals surface area contributed by atoms with Crippen molar-refractivity contribution in [2.75, 3.05) is 20.3 Å². The minimum atomic E-state index is -0.972. The largest absolute Gasteiger partial charge is 0.498 e. The highest BCUT2D eigenvalue weighted by atomic mass is 19.2. The summed E-state index contributed by atoms with van der Waals surface area (Å²) in [5, 5.41) is 0. The van der Waals surface area contributed by atoms with Crippen LogP contribution in [0.2, 0.25) is 0 Å². The maximum Gasteiger partial charge on any atom is 0.199 e. The van der Waals surface area contributed by atoms with Gasteiger partial charge in [0.25, 0.3) is 0 Å². The van der Waals surface area contributed by atoms with E-state index in [0.717, 1.165) is 38.2 Å². The van der Waals surface area contributed by atoms with E-state index in [0.29, 0.717) is 31.0 Å². The number of hydrogen-bond donors (Lipinski definition) is 0. The van der Waals surface area contributed by atoms with Crippen molar-refractivity contribution in [2.45, 2.75) is 91.1 Å².